The predicted molar refractivity (Wildman–Crippen MR) is 148 cm³/mol. The van der Waals surface area contributed by atoms with Crippen LogP contribution in [0, 0.1) is 0 Å². The first kappa shape index (κ1) is 31.6. The van der Waals surface area contributed by atoms with Crippen LogP contribution in [0.4, 0.5) is 0 Å². The number of benzene rings is 2. The Balaban J connectivity index is 2.18. The number of carboxylic acids is 1. The van der Waals surface area contributed by atoms with Crippen molar-refractivity contribution in [3.05, 3.63) is 65.7 Å². The molecule has 2 aromatic rings. The van der Waals surface area contributed by atoms with Crippen molar-refractivity contribution in [2.24, 2.45) is 5.73 Å². The molecule has 5 unspecified atom stereocenters. The van der Waals surface area contributed by atoms with E-state index < -0.39 is 54.0 Å². The lowest BCUT2D eigenvalue weighted by molar-refractivity contribution is -0.142. The third-order valence-corrected chi connectivity index (χ3v) is 6.58. The van der Waals surface area contributed by atoms with Gasteiger partial charge in [-0.1, -0.05) is 42.5 Å². The fourth-order valence-corrected chi connectivity index (χ4v) is 4.20. The van der Waals surface area contributed by atoms with Crippen LogP contribution < -0.4 is 21.7 Å². The van der Waals surface area contributed by atoms with E-state index in [-0.39, 0.29) is 25.0 Å². The van der Waals surface area contributed by atoms with Gasteiger partial charge in [-0.25, -0.2) is 4.79 Å². The minimum Gasteiger partial charge on any atom is -0.508 e. The Morgan fingerprint density at radius 2 is 1.44 bits per heavy atom. The molecule has 5 atom stereocenters. The van der Waals surface area contributed by atoms with Gasteiger partial charge < -0.3 is 37.0 Å². The van der Waals surface area contributed by atoms with Crippen molar-refractivity contribution in [3.8, 4) is 5.75 Å². The van der Waals surface area contributed by atoms with E-state index >= 15 is 0 Å². The second kappa shape index (κ2) is 15.7. The van der Waals surface area contributed by atoms with E-state index in [1.807, 2.05) is 24.5 Å². The van der Waals surface area contributed by atoms with Crippen molar-refractivity contribution in [1.82, 2.24) is 16.0 Å². The third kappa shape index (κ3) is 10.6. The highest BCUT2D eigenvalue weighted by atomic mass is 32.2. The Labute approximate surface area is 231 Å². The fourth-order valence-electron chi connectivity index (χ4n) is 3.73. The van der Waals surface area contributed by atoms with Gasteiger partial charge in [-0.2, -0.15) is 11.8 Å². The lowest BCUT2D eigenvalue weighted by Crippen LogP contribution is -2.60. The third-order valence-electron chi connectivity index (χ3n) is 5.93. The number of thioether (sulfide) groups is 1. The summed E-state index contributed by atoms with van der Waals surface area (Å²) in [5.41, 5.74) is 7.41. The quantitative estimate of drug-likeness (QED) is 0.159. The molecule has 2 aromatic carbocycles. The van der Waals surface area contributed by atoms with Gasteiger partial charge in [-0.15, -0.1) is 0 Å². The molecule has 8 N–H and O–H groups in total. The molecular formula is C27H36N4O7S. The first-order valence-electron chi connectivity index (χ1n) is 12.4. The Kier molecular flexibility index (Phi) is 12.7. The Morgan fingerprint density at radius 3 is 2.00 bits per heavy atom. The van der Waals surface area contributed by atoms with Gasteiger partial charge in [0, 0.05) is 6.42 Å². The molecule has 0 saturated carbocycles. The monoisotopic (exact) mass is 560 g/mol. The average Bonchev–Trinajstić information content (AvgIpc) is 2.90. The minimum atomic E-state index is -1.43. The highest BCUT2D eigenvalue weighted by Crippen LogP contribution is 2.12. The number of hydrogen-bond acceptors (Lipinski definition) is 8. The van der Waals surface area contributed by atoms with Crippen molar-refractivity contribution < 1.29 is 34.5 Å². The number of hydrogen-bond donors (Lipinski definition) is 7. The smallest absolute Gasteiger partial charge is 0.326 e. The number of aromatic hydroxyl groups is 1. The van der Waals surface area contributed by atoms with Gasteiger partial charge in [0.1, 0.15) is 23.9 Å². The molecular weight excluding hydrogens is 524 g/mol. The van der Waals surface area contributed by atoms with Crippen molar-refractivity contribution in [2.45, 2.75) is 56.5 Å². The Bertz CT molecular complexity index is 1100. The zero-order valence-electron chi connectivity index (χ0n) is 21.9. The molecule has 0 radical (unpaired) electrons. The average molecular weight is 561 g/mol. The summed E-state index contributed by atoms with van der Waals surface area (Å²) in [6, 6.07) is 10.2. The molecule has 0 spiro atoms. The molecule has 3 amide bonds. The van der Waals surface area contributed by atoms with Crippen molar-refractivity contribution >= 4 is 35.5 Å². The van der Waals surface area contributed by atoms with E-state index in [2.05, 4.69) is 16.0 Å². The van der Waals surface area contributed by atoms with Crippen LogP contribution in [-0.4, -0.2) is 81.3 Å². The SMILES string of the molecule is CSCCC(NC(=O)C(Cc1ccc(O)cc1)NC(=O)C(NC(=O)C(N)Cc1ccccc1)C(C)O)C(=O)O. The molecule has 0 saturated heterocycles. The second-order valence-corrected chi connectivity index (χ2v) is 10.1. The molecule has 12 heteroatoms. The topological polar surface area (TPSA) is 191 Å². The number of aliphatic hydroxyl groups excluding tert-OH is 1. The van der Waals surface area contributed by atoms with Crippen LogP contribution in [0.25, 0.3) is 0 Å². The summed E-state index contributed by atoms with van der Waals surface area (Å²) in [6.07, 6.45) is 0.821. The van der Waals surface area contributed by atoms with Gasteiger partial charge in [0.05, 0.1) is 12.1 Å². The van der Waals surface area contributed by atoms with Crippen LogP contribution in [0.5, 0.6) is 5.75 Å². The van der Waals surface area contributed by atoms with Gasteiger partial charge in [-0.3, -0.25) is 14.4 Å². The summed E-state index contributed by atoms with van der Waals surface area (Å²) < 4.78 is 0. The highest BCUT2D eigenvalue weighted by molar-refractivity contribution is 7.98. The largest absolute Gasteiger partial charge is 0.508 e. The maximum Gasteiger partial charge on any atom is 0.326 e. The maximum atomic E-state index is 13.2. The normalized spacial score (nSPS) is 14.8. The first-order chi connectivity index (χ1) is 18.5. The van der Waals surface area contributed by atoms with Crippen LogP contribution in [0.15, 0.2) is 54.6 Å². The van der Waals surface area contributed by atoms with Crippen LogP contribution in [0.2, 0.25) is 0 Å². The first-order valence-corrected chi connectivity index (χ1v) is 13.8. The number of rotatable bonds is 15. The number of amides is 3. The van der Waals surface area contributed by atoms with E-state index in [4.69, 9.17) is 5.73 Å². The number of aliphatic hydroxyl groups is 1. The number of carbonyl (C=O) groups excluding carboxylic acids is 3. The molecule has 0 aliphatic heterocycles. The number of carboxylic acid groups (broad SMARTS) is 1. The summed E-state index contributed by atoms with van der Waals surface area (Å²) >= 11 is 1.43. The van der Waals surface area contributed by atoms with Gasteiger partial charge in [0.15, 0.2) is 0 Å². The van der Waals surface area contributed by atoms with E-state index in [1.54, 1.807) is 24.3 Å². The van der Waals surface area contributed by atoms with E-state index in [1.165, 1.54) is 30.8 Å². The van der Waals surface area contributed by atoms with Crippen molar-refractivity contribution in [3.63, 3.8) is 0 Å². The summed E-state index contributed by atoms with van der Waals surface area (Å²) in [4.78, 5) is 50.7. The predicted octanol–water partition coefficient (Wildman–Crippen LogP) is 0.178. The van der Waals surface area contributed by atoms with Gasteiger partial charge >= 0.3 is 5.97 Å². The van der Waals surface area contributed by atoms with Gasteiger partial charge in [0.25, 0.3) is 0 Å². The number of nitrogens with two attached hydrogens (primary N) is 1. The van der Waals surface area contributed by atoms with Gasteiger partial charge in [0.2, 0.25) is 17.7 Å². The summed E-state index contributed by atoms with van der Waals surface area (Å²) in [5, 5.41) is 36.8. The Morgan fingerprint density at radius 1 is 0.846 bits per heavy atom. The zero-order chi connectivity index (χ0) is 28.9. The molecule has 11 nitrogen and oxygen atoms in total. The lowest BCUT2D eigenvalue weighted by atomic mass is 10.0. The molecule has 212 valence electrons. The number of phenolic OH excluding ortho intramolecular Hbond substituents is 1. The molecule has 0 aromatic heterocycles. The summed E-state index contributed by atoms with van der Waals surface area (Å²) in [5.74, 6) is -2.97. The number of phenols is 1. The molecule has 0 heterocycles. The van der Waals surface area contributed by atoms with Crippen molar-refractivity contribution in [1.29, 1.82) is 0 Å². The number of carbonyl (C=O) groups is 4. The molecule has 0 aliphatic rings. The maximum absolute atomic E-state index is 13.2. The summed E-state index contributed by atoms with van der Waals surface area (Å²) in [7, 11) is 0. The molecule has 2 rings (SSSR count). The molecule has 39 heavy (non-hydrogen) atoms. The van der Waals surface area contributed by atoms with Crippen LogP contribution in [0.1, 0.15) is 24.5 Å². The summed E-state index contributed by atoms with van der Waals surface area (Å²) in [6.45, 7) is 1.31. The van der Waals surface area contributed by atoms with Crippen LogP contribution in [0.3, 0.4) is 0 Å². The van der Waals surface area contributed by atoms with Crippen LogP contribution in [-0.2, 0) is 32.0 Å². The second-order valence-electron chi connectivity index (χ2n) is 9.14. The Hall–Kier alpha value is -3.61. The molecule has 0 fully saturated rings. The highest BCUT2D eigenvalue weighted by Gasteiger charge is 2.32. The molecule has 0 aliphatic carbocycles. The van der Waals surface area contributed by atoms with E-state index in [9.17, 15) is 34.5 Å². The van der Waals surface area contributed by atoms with E-state index in [0.29, 0.717) is 11.3 Å². The molecule has 0 bridgehead atoms. The minimum absolute atomic E-state index is 0.00974. The number of aliphatic carboxylic acids is 1. The van der Waals surface area contributed by atoms with Crippen molar-refractivity contribution in [2.75, 3.05) is 12.0 Å². The zero-order valence-corrected chi connectivity index (χ0v) is 22.7. The van der Waals surface area contributed by atoms with Crippen LogP contribution >= 0.6 is 11.8 Å². The standard InChI is InChI=1S/C27H36N4O7S/c1-16(32)23(31-24(34)20(28)14-17-6-4-3-5-7-17)26(36)30-22(15-18-8-10-19(33)11-9-18)25(35)29-21(27(37)38)12-13-39-2/h3-11,16,20-23,32-33H,12-15,28H2,1-2H3,(H,29,35)(H,30,36)(H,31,34)(H,37,38). The number of nitrogens with one attached hydrogen (secondary N) is 3. The fraction of sp³-hybridized carbons (Fsp3) is 0.407. The van der Waals surface area contributed by atoms with Gasteiger partial charge in [-0.05, 0) is 55.0 Å². The van der Waals surface area contributed by atoms with E-state index in [0.717, 1.165) is 5.56 Å². The lowest BCUT2D eigenvalue weighted by Gasteiger charge is -2.26.